The fourth-order valence-electron chi connectivity index (χ4n) is 1.56. The van der Waals surface area contributed by atoms with Gasteiger partial charge in [0.15, 0.2) is 0 Å². The molecular weight excluding hydrogens is 214 g/mol. The van der Waals surface area contributed by atoms with E-state index in [9.17, 15) is 0 Å². The van der Waals surface area contributed by atoms with E-state index < -0.39 is 0 Å². The van der Waals surface area contributed by atoms with Crippen LogP contribution in [0.15, 0.2) is 42.9 Å². The first-order valence-corrected chi connectivity index (χ1v) is 5.56. The maximum Gasteiger partial charge on any atom is 0.132 e. The Morgan fingerprint density at radius 2 is 2.06 bits per heavy atom. The third-order valence-corrected chi connectivity index (χ3v) is 2.38. The molecule has 0 saturated heterocycles. The number of hydrogen-bond donors (Lipinski definition) is 1. The highest BCUT2D eigenvalue weighted by Gasteiger charge is 2.02. The number of hydrogen-bond acceptors (Lipinski definition) is 4. The fourth-order valence-corrected chi connectivity index (χ4v) is 1.56. The monoisotopic (exact) mass is 229 g/mol. The molecule has 17 heavy (non-hydrogen) atoms. The van der Waals surface area contributed by atoms with Crippen LogP contribution in [-0.2, 0) is 13.0 Å². The molecule has 0 unspecified atom stereocenters. The Balaban J connectivity index is 2.03. The summed E-state index contributed by atoms with van der Waals surface area (Å²) < 4.78 is 5.72. The highest BCUT2D eigenvalue weighted by molar-refractivity contribution is 5.33. The van der Waals surface area contributed by atoms with E-state index in [1.54, 1.807) is 18.6 Å². The normalized spacial score (nSPS) is 10.2. The van der Waals surface area contributed by atoms with Crippen molar-refractivity contribution in [3.8, 4) is 5.75 Å². The molecule has 0 fully saturated rings. The lowest BCUT2D eigenvalue weighted by molar-refractivity contribution is 0.297. The third kappa shape index (κ3) is 3.26. The number of aromatic nitrogens is 2. The molecule has 0 atom stereocenters. The van der Waals surface area contributed by atoms with Gasteiger partial charge in [-0.15, -0.1) is 0 Å². The quantitative estimate of drug-likeness (QED) is 0.845. The van der Waals surface area contributed by atoms with Gasteiger partial charge in [0.05, 0.1) is 11.9 Å². The maximum absolute atomic E-state index is 5.72. The Morgan fingerprint density at radius 3 is 2.82 bits per heavy atom. The summed E-state index contributed by atoms with van der Waals surface area (Å²) in [4.78, 5) is 8.15. The van der Waals surface area contributed by atoms with Crippen molar-refractivity contribution in [3.05, 3.63) is 54.1 Å². The molecular formula is C13H15N3O. The van der Waals surface area contributed by atoms with Gasteiger partial charge < -0.3 is 10.5 Å². The highest BCUT2D eigenvalue weighted by Crippen LogP contribution is 2.18. The molecule has 1 aromatic carbocycles. The summed E-state index contributed by atoms with van der Waals surface area (Å²) in [6.45, 7) is 1.04. The summed E-state index contributed by atoms with van der Waals surface area (Å²) in [5, 5.41) is 0. The predicted octanol–water partition coefficient (Wildman–Crippen LogP) is 1.56. The van der Waals surface area contributed by atoms with Crippen LogP contribution in [0.4, 0.5) is 0 Å². The number of rotatable bonds is 5. The van der Waals surface area contributed by atoms with Gasteiger partial charge in [-0.3, -0.25) is 9.97 Å². The Hall–Kier alpha value is -1.94. The molecule has 1 heterocycles. The van der Waals surface area contributed by atoms with Crippen LogP contribution < -0.4 is 10.5 Å². The SMILES string of the molecule is NCCc1ccccc1OCc1cnccn1. The standard InChI is InChI=1S/C13H15N3O/c14-6-5-11-3-1-2-4-13(11)17-10-12-9-15-7-8-16-12/h1-4,7-9H,5-6,10,14H2. The molecule has 4 heteroatoms. The molecule has 4 nitrogen and oxygen atoms in total. The van der Waals surface area contributed by atoms with Gasteiger partial charge in [-0.05, 0) is 24.6 Å². The summed E-state index contributed by atoms with van der Waals surface area (Å²) in [5.41, 5.74) is 7.50. The number of nitrogens with two attached hydrogens (primary N) is 1. The molecule has 2 N–H and O–H groups in total. The Morgan fingerprint density at radius 1 is 1.18 bits per heavy atom. The van der Waals surface area contributed by atoms with Crippen molar-refractivity contribution in [1.29, 1.82) is 0 Å². The number of ether oxygens (including phenoxy) is 1. The van der Waals surface area contributed by atoms with Gasteiger partial charge in [0.25, 0.3) is 0 Å². The molecule has 0 radical (unpaired) electrons. The lowest BCUT2D eigenvalue weighted by atomic mass is 10.1. The zero-order valence-corrected chi connectivity index (χ0v) is 9.54. The molecule has 88 valence electrons. The second-order valence-corrected chi connectivity index (χ2v) is 3.63. The minimum atomic E-state index is 0.426. The van der Waals surface area contributed by atoms with E-state index in [4.69, 9.17) is 10.5 Å². The van der Waals surface area contributed by atoms with Gasteiger partial charge in [-0.25, -0.2) is 0 Å². The van der Waals surface area contributed by atoms with Gasteiger partial charge in [0.2, 0.25) is 0 Å². The molecule has 1 aromatic heterocycles. The first-order chi connectivity index (χ1) is 8.40. The van der Waals surface area contributed by atoms with Crippen molar-refractivity contribution in [2.24, 2.45) is 5.73 Å². The fraction of sp³-hybridized carbons (Fsp3) is 0.231. The highest BCUT2D eigenvalue weighted by atomic mass is 16.5. The third-order valence-electron chi connectivity index (χ3n) is 2.38. The largest absolute Gasteiger partial charge is 0.487 e. The second-order valence-electron chi connectivity index (χ2n) is 3.63. The van der Waals surface area contributed by atoms with Crippen LogP contribution in [0.3, 0.4) is 0 Å². The van der Waals surface area contributed by atoms with E-state index in [0.29, 0.717) is 13.2 Å². The van der Waals surface area contributed by atoms with Crippen LogP contribution in [0.1, 0.15) is 11.3 Å². The topological polar surface area (TPSA) is 61.0 Å². The maximum atomic E-state index is 5.72. The molecule has 2 aromatic rings. The van der Waals surface area contributed by atoms with Crippen LogP contribution in [0, 0.1) is 0 Å². The molecule has 0 aliphatic heterocycles. The number of nitrogens with zero attached hydrogens (tertiary/aromatic N) is 2. The van der Waals surface area contributed by atoms with Crippen molar-refractivity contribution >= 4 is 0 Å². The molecule has 0 spiro atoms. The van der Waals surface area contributed by atoms with E-state index in [2.05, 4.69) is 9.97 Å². The minimum Gasteiger partial charge on any atom is -0.487 e. The summed E-state index contributed by atoms with van der Waals surface area (Å²) in [6.07, 6.45) is 5.82. The van der Waals surface area contributed by atoms with Gasteiger partial charge >= 0.3 is 0 Å². The Kier molecular flexibility index (Phi) is 4.05. The molecule has 2 rings (SSSR count). The van der Waals surface area contributed by atoms with Gasteiger partial charge in [0, 0.05) is 12.4 Å². The lowest BCUT2D eigenvalue weighted by Gasteiger charge is -2.10. The van der Waals surface area contributed by atoms with E-state index in [1.807, 2.05) is 24.3 Å². The van der Waals surface area contributed by atoms with E-state index in [0.717, 1.165) is 23.4 Å². The van der Waals surface area contributed by atoms with E-state index >= 15 is 0 Å². The van der Waals surface area contributed by atoms with Crippen LogP contribution >= 0.6 is 0 Å². The number of benzene rings is 1. The zero-order valence-electron chi connectivity index (χ0n) is 9.54. The Bertz CT molecular complexity index is 459. The molecule has 0 aliphatic carbocycles. The number of para-hydroxylation sites is 1. The summed E-state index contributed by atoms with van der Waals surface area (Å²) in [6, 6.07) is 7.91. The lowest BCUT2D eigenvalue weighted by Crippen LogP contribution is -2.06. The molecule has 0 aliphatic rings. The average molecular weight is 229 g/mol. The van der Waals surface area contributed by atoms with E-state index in [1.165, 1.54) is 0 Å². The van der Waals surface area contributed by atoms with Crippen LogP contribution in [0.25, 0.3) is 0 Å². The van der Waals surface area contributed by atoms with Gasteiger partial charge in [-0.1, -0.05) is 18.2 Å². The zero-order chi connectivity index (χ0) is 11.9. The smallest absolute Gasteiger partial charge is 0.132 e. The van der Waals surface area contributed by atoms with Gasteiger partial charge in [-0.2, -0.15) is 0 Å². The molecule has 0 amide bonds. The first kappa shape index (κ1) is 11.5. The Labute approximate surface area is 100 Å². The van der Waals surface area contributed by atoms with Crippen molar-refractivity contribution in [2.75, 3.05) is 6.54 Å². The van der Waals surface area contributed by atoms with E-state index in [-0.39, 0.29) is 0 Å². The summed E-state index contributed by atoms with van der Waals surface area (Å²) >= 11 is 0. The van der Waals surface area contributed by atoms with Crippen molar-refractivity contribution in [3.63, 3.8) is 0 Å². The van der Waals surface area contributed by atoms with Gasteiger partial charge in [0.1, 0.15) is 12.4 Å². The average Bonchev–Trinajstić information content (AvgIpc) is 2.39. The predicted molar refractivity (Wildman–Crippen MR) is 65.6 cm³/mol. The van der Waals surface area contributed by atoms with Crippen LogP contribution in [-0.4, -0.2) is 16.5 Å². The van der Waals surface area contributed by atoms with Crippen molar-refractivity contribution in [1.82, 2.24) is 9.97 Å². The minimum absolute atomic E-state index is 0.426. The molecule has 0 saturated carbocycles. The second kappa shape index (κ2) is 5.96. The van der Waals surface area contributed by atoms with Crippen molar-refractivity contribution in [2.45, 2.75) is 13.0 Å². The summed E-state index contributed by atoms with van der Waals surface area (Å²) in [5.74, 6) is 0.864. The van der Waals surface area contributed by atoms with Crippen LogP contribution in [0.2, 0.25) is 0 Å². The summed E-state index contributed by atoms with van der Waals surface area (Å²) in [7, 11) is 0. The molecule has 0 bridgehead atoms. The van der Waals surface area contributed by atoms with Crippen LogP contribution in [0.5, 0.6) is 5.75 Å². The van der Waals surface area contributed by atoms with Crippen molar-refractivity contribution < 1.29 is 4.74 Å². The first-order valence-electron chi connectivity index (χ1n) is 5.56.